The van der Waals surface area contributed by atoms with Gasteiger partial charge >= 0.3 is 0 Å². The molecule has 6 heteroatoms. The molecule has 0 fully saturated rings. The van der Waals surface area contributed by atoms with Crippen LogP contribution in [-0.2, 0) is 12.0 Å². The van der Waals surface area contributed by atoms with E-state index in [-0.39, 0.29) is 17.0 Å². The summed E-state index contributed by atoms with van der Waals surface area (Å²) in [6.07, 6.45) is 0.734. The third kappa shape index (κ3) is 3.22. The van der Waals surface area contributed by atoms with Crippen LogP contribution in [0.25, 0.3) is 0 Å². The minimum atomic E-state index is -0.283. The Kier molecular flexibility index (Phi) is 4.36. The number of carbonyl (C=O) groups excluding carboxylic acids is 1. The highest BCUT2D eigenvalue weighted by atomic mass is 32.1. The van der Waals surface area contributed by atoms with Crippen molar-refractivity contribution >= 4 is 22.2 Å². The summed E-state index contributed by atoms with van der Waals surface area (Å²) in [5, 5.41) is 25.6. The second-order valence-electron chi connectivity index (χ2n) is 7.68. The van der Waals surface area contributed by atoms with Crippen LogP contribution >= 0.6 is 11.3 Å². The molecule has 0 saturated heterocycles. The van der Waals surface area contributed by atoms with Crippen LogP contribution in [0.3, 0.4) is 0 Å². The van der Waals surface area contributed by atoms with E-state index in [1.54, 1.807) is 24.3 Å². The smallest absolute Gasteiger partial charge is 0.256 e. The molecule has 1 aromatic heterocycles. The van der Waals surface area contributed by atoms with Gasteiger partial charge in [0, 0.05) is 21.5 Å². The van der Waals surface area contributed by atoms with E-state index in [9.17, 15) is 10.1 Å². The number of nitrogens with one attached hydrogen (secondary N) is 2. The summed E-state index contributed by atoms with van der Waals surface area (Å²) in [6, 6.07) is 10.7. The van der Waals surface area contributed by atoms with Gasteiger partial charge in [-0.05, 0) is 63.9 Å². The van der Waals surface area contributed by atoms with Crippen molar-refractivity contribution in [1.29, 1.82) is 10.5 Å². The average Bonchev–Trinajstić information content (AvgIpc) is 2.91. The normalized spacial score (nSPS) is 16.8. The van der Waals surface area contributed by atoms with E-state index in [1.165, 1.54) is 11.3 Å². The second-order valence-corrected chi connectivity index (χ2v) is 8.70. The van der Waals surface area contributed by atoms with Crippen molar-refractivity contribution < 1.29 is 4.79 Å². The molecule has 0 radical (unpaired) electrons. The molecule has 2 heterocycles. The zero-order valence-electron chi connectivity index (χ0n) is 15.2. The first-order valence-electron chi connectivity index (χ1n) is 8.34. The summed E-state index contributed by atoms with van der Waals surface area (Å²) in [5.41, 5.74) is 2.12. The molecule has 2 N–H and O–H groups in total. The molecule has 5 nitrogen and oxygen atoms in total. The number of rotatable bonds is 2. The molecule has 1 amide bonds. The summed E-state index contributed by atoms with van der Waals surface area (Å²) in [7, 11) is 0. The molecule has 3 rings (SSSR count). The highest BCUT2D eigenvalue weighted by Crippen LogP contribution is 2.44. The van der Waals surface area contributed by atoms with Crippen molar-refractivity contribution in [2.45, 2.75) is 45.2 Å². The molecule has 0 bridgehead atoms. The van der Waals surface area contributed by atoms with Crippen molar-refractivity contribution in [1.82, 2.24) is 5.32 Å². The Hall–Kier alpha value is -2.67. The van der Waals surface area contributed by atoms with Crippen molar-refractivity contribution in [2.75, 3.05) is 5.32 Å². The Labute approximate surface area is 157 Å². The number of thiophene rings is 1. The summed E-state index contributed by atoms with van der Waals surface area (Å²) in [6.45, 7) is 8.42. The van der Waals surface area contributed by atoms with Gasteiger partial charge in [0.05, 0.1) is 17.2 Å². The van der Waals surface area contributed by atoms with E-state index in [0.717, 1.165) is 16.9 Å². The molecule has 1 aliphatic heterocycles. The Morgan fingerprint density at radius 2 is 1.81 bits per heavy atom. The zero-order valence-corrected chi connectivity index (χ0v) is 16.0. The topological polar surface area (TPSA) is 88.7 Å². The van der Waals surface area contributed by atoms with Crippen LogP contribution in [0.15, 0.2) is 24.3 Å². The summed E-state index contributed by atoms with van der Waals surface area (Å²) in [5.74, 6) is -0.283. The Morgan fingerprint density at radius 1 is 1.15 bits per heavy atom. The van der Waals surface area contributed by atoms with Crippen LogP contribution in [0.5, 0.6) is 0 Å². The lowest BCUT2D eigenvalue weighted by atomic mass is 9.81. The number of anilines is 1. The third-order valence-electron chi connectivity index (χ3n) is 4.46. The SMILES string of the molecule is CC1(C)Cc2c(sc(NC(=O)c3ccc(C#N)cc3)c2C#N)C(C)(C)N1. The Balaban J connectivity index is 1.97. The molecule has 0 unspecified atom stereocenters. The number of carbonyl (C=O) groups is 1. The number of hydrogen-bond acceptors (Lipinski definition) is 5. The molecule has 0 spiro atoms. The van der Waals surface area contributed by atoms with Crippen molar-refractivity contribution in [2.24, 2.45) is 0 Å². The molecule has 1 aromatic carbocycles. The first-order valence-corrected chi connectivity index (χ1v) is 9.15. The first kappa shape index (κ1) is 18.1. The number of nitrogens with zero attached hydrogens (tertiary/aromatic N) is 2. The van der Waals surface area contributed by atoms with E-state index < -0.39 is 0 Å². The quantitative estimate of drug-likeness (QED) is 0.846. The van der Waals surface area contributed by atoms with Crippen LogP contribution < -0.4 is 10.6 Å². The van der Waals surface area contributed by atoms with Crippen LogP contribution in [0, 0.1) is 22.7 Å². The minimum absolute atomic E-state index is 0.127. The predicted molar refractivity (Wildman–Crippen MR) is 102 cm³/mol. The fourth-order valence-electron chi connectivity index (χ4n) is 3.61. The molecule has 132 valence electrons. The van der Waals surface area contributed by atoms with Gasteiger partial charge in [-0.25, -0.2) is 0 Å². The molecule has 26 heavy (non-hydrogen) atoms. The number of benzene rings is 1. The predicted octanol–water partition coefficient (Wildman–Crippen LogP) is 3.90. The van der Waals surface area contributed by atoms with E-state index in [0.29, 0.717) is 21.7 Å². The van der Waals surface area contributed by atoms with Gasteiger partial charge in [0.2, 0.25) is 0 Å². The lowest BCUT2D eigenvalue weighted by molar-refractivity contribution is 0.102. The van der Waals surface area contributed by atoms with Crippen LogP contribution in [0.2, 0.25) is 0 Å². The van der Waals surface area contributed by atoms with Gasteiger partial charge in [-0.15, -0.1) is 11.3 Å². The van der Waals surface area contributed by atoms with Gasteiger partial charge < -0.3 is 10.6 Å². The van der Waals surface area contributed by atoms with E-state index >= 15 is 0 Å². The summed E-state index contributed by atoms with van der Waals surface area (Å²) < 4.78 is 0. The number of hydrogen-bond donors (Lipinski definition) is 2. The Morgan fingerprint density at radius 3 is 2.38 bits per heavy atom. The van der Waals surface area contributed by atoms with Gasteiger partial charge in [-0.1, -0.05) is 0 Å². The molecular weight excluding hydrogens is 344 g/mol. The standard InChI is InChI=1S/C20H20N4OS/c1-19(2)9-14-15(11-22)18(26-16(14)20(3,4)24-19)23-17(25)13-7-5-12(10-21)6-8-13/h5-8,24H,9H2,1-4H3,(H,23,25). The molecule has 1 aliphatic rings. The fraction of sp³-hybridized carbons (Fsp3) is 0.350. The zero-order chi connectivity index (χ0) is 19.1. The monoisotopic (exact) mass is 364 g/mol. The van der Waals surface area contributed by atoms with Crippen molar-refractivity contribution in [3.63, 3.8) is 0 Å². The van der Waals surface area contributed by atoms with Crippen LogP contribution in [0.1, 0.15) is 59.6 Å². The van der Waals surface area contributed by atoms with E-state index in [4.69, 9.17) is 5.26 Å². The third-order valence-corrected chi connectivity index (χ3v) is 5.93. The molecular formula is C20H20N4OS. The van der Waals surface area contributed by atoms with Crippen LogP contribution in [0.4, 0.5) is 5.00 Å². The summed E-state index contributed by atoms with van der Waals surface area (Å²) >= 11 is 1.46. The highest BCUT2D eigenvalue weighted by Gasteiger charge is 2.40. The van der Waals surface area contributed by atoms with Crippen molar-refractivity contribution in [3.8, 4) is 12.1 Å². The number of amides is 1. The fourth-order valence-corrected chi connectivity index (χ4v) is 4.83. The molecule has 0 atom stereocenters. The lowest BCUT2D eigenvalue weighted by Crippen LogP contribution is -2.54. The molecule has 0 saturated carbocycles. The molecule has 0 aliphatic carbocycles. The van der Waals surface area contributed by atoms with Gasteiger partial charge in [0.15, 0.2) is 0 Å². The van der Waals surface area contributed by atoms with Crippen LogP contribution in [-0.4, -0.2) is 11.4 Å². The number of fused-ring (bicyclic) bond motifs is 1. The van der Waals surface area contributed by atoms with Crippen molar-refractivity contribution in [3.05, 3.63) is 51.4 Å². The maximum atomic E-state index is 12.6. The van der Waals surface area contributed by atoms with Gasteiger partial charge in [0.1, 0.15) is 11.1 Å². The van der Waals surface area contributed by atoms with Gasteiger partial charge in [-0.3, -0.25) is 4.79 Å². The maximum absolute atomic E-state index is 12.6. The Bertz CT molecular complexity index is 955. The average molecular weight is 364 g/mol. The van der Waals surface area contributed by atoms with E-state index in [1.807, 2.05) is 6.07 Å². The van der Waals surface area contributed by atoms with E-state index in [2.05, 4.69) is 44.4 Å². The highest BCUT2D eigenvalue weighted by molar-refractivity contribution is 7.17. The minimum Gasteiger partial charge on any atom is -0.312 e. The largest absolute Gasteiger partial charge is 0.312 e. The van der Waals surface area contributed by atoms with Gasteiger partial charge in [-0.2, -0.15) is 10.5 Å². The lowest BCUT2D eigenvalue weighted by Gasteiger charge is -2.42. The second kappa shape index (κ2) is 6.25. The summed E-state index contributed by atoms with van der Waals surface area (Å²) in [4.78, 5) is 13.7. The maximum Gasteiger partial charge on any atom is 0.256 e. The van der Waals surface area contributed by atoms with Gasteiger partial charge in [0.25, 0.3) is 5.91 Å². The molecule has 2 aromatic rings. The first-order chi connectivity index (χ1) is 12.2. The number of nitriles is 2.